The molecule has 0 atom stereocenters. The van der Waals surface area contributed by atoms with Crippen molar-refractivity contribution in [2.75, 3.05) is 6.79 Å². The summed E-state index contributed by atoms with van der Waals surface area (Å²) in [6.45, 7) is 3.38. The summed E-state index contributed by atoms with van der Waals surface area (Å²) in [6.07, 6.45) is -0.208. The van der Waals surface area contributed by atoms with Crippen LogP contribution in [-0.2, 0) is 4.79 Å². The van der Waals surface area contributed by atoms with Crippen LogP contribution >= 0.6 is 0 Å². The van der Waals surface area contributed by atoms with Crippen molar-refractivity contribution in [3.63, 3.8) is 0 Å². The second-order valence-electron chi connectivity index (χ2n) is 4.85. The van der Waals surface area contributed by atoms with Gasteiger partial charge in [0.25, 0.3) is 0 Å². The maximum atomic E-state index is 12.2. The molecule has 0 aromatic heterocycles. The van der Waals surface area contributed by atoms with E-state index >= 15 is 0 Å². The molecule has 0 saturated carbocycles. The summed E-state index contributed by atoms with van der Waals surface area (Å²) < 4.78 is 10.3. The number of hydrogen-bond donors (Lipinski definition) is 1. The highest BCUT2D eigenvalue weighted by Crippen LogP contribution is 2.35. The largest absolute Gasteiger partial charge is 0.481 e. The van der Waals surface area contributed by atoms with Gasteiger partial charge >= 0.3 is 5.97 Å². The lowest BCUT2D eigenvalue weighted by atomic mass is 9.81. The Bertz CT molecular complexity index is 504. The Morgan fingerprint density at radius 2 is 1.94 bits per heavy atom. The van der Waals surface area contributed by atoms with Gasteiger partial charge in [-0.05, 0) is 18.2 Å². The maximum Gasteiger partial charge on any atom is 0.304 e. The van der Waals surface area contributed by atoms with E-state index in [0.29, 0.717) is 17.1 Å². The first-order valence-corrected chi connectivity index (χ1v) is 5.56. The molecule has 0 amide bonds. The van der Waals surface area contributed by atoms with Crippen molar-refractivity contribution in [1.82, 2.24) is 0 Å². The summed E-state index contributed by atoms with van der Waals surface area (Å²) in [7, 11) is 0. The number of ketones is 1. The fourth-order valence-electron chi connectivity index (χ4n) is 1.89. The Hall–Kier alpha value is -2.04. The molecule has 0 spiro atoms. The molecule has 18 heavy (non-hydrogen) atoms. The van der Waals surface area contributed by atoms with Gasteiger partial charge in [-0.3, -0.25) is 9.59 Å². The predicted octanol–water partition coefficient (Wildman–Crippen LogP) is 2.10. The summed E-state index contributed by atoms with van der Waals surface area (Å²) >= 11 is 0. The third-order valence-electron chi connectivity index (χ3n) is 2.84. The Balaban J connectivity index is 2.26. The number of carbonyl (C=O) groups is 2. The minimum absolute atomic E-state index is 0.144. The normalized spacial score (nSPS) is 13.4. The number of aliphatic carboxylic acids is 1. The van der Waals surface area contributed by atoms with Gasteiger partial charge in [-0.1, -0.05) is 13.8 Å². The Morgan fingerprint density at radius 3 is 2.61 bits per heavy atom. The minimum atomic E-state index is -0.992. The molecule has 5 heteroatoms. The molecule has 5 nitrogen and oxygen atoms in total. The van der Waals surface area contributed by atoms with Crippen molar-refractivity contribution >= 4 is 11.8 Å². The van der Waals surface area contributed by atoms with Crippen LogP contribution in [0.4, 0.5) is 0 Å². The molecule has 1 N–H and O–H groups in total. The zero-order chi connectivity index (χ0) is 13.3. The lowest BCUT2D eigenvalue weighted by molar-refractivity contribution is -0.138. The maximum absolute atomic E-state index is 12.2. The minimum Gasteiger partial charge on any atom is -0.481 e. The molecular formula is C13H14O5. The number of Topliss-reactive ketones (excluding diaryl/α,β-unsaturated/α-hetero) is 1. The molecule has 0 aliphatic carbocycles. The molecule has 1 aliphatic heterocycles. The zero-order valence-electron chi connectivity index (χ0n) is 10.2. The molecule has 2 rings (SSSR count). The SMILES string of the molecule is CC(C)(CC(=O)O)C(=O)c1ccc2c(c1)OCO2. The summed E-state index contributed by atoms with van der Waals surface area (Å²) in [4.78, 5) is 23.0. The topological polar surface area (TPSA) is 72.8 Å². The third-order valence-corrected chi connectivity index (χ3v) is 2.84. The van der Waals surface area contributed by atoms with E-state index in [1.54, 1.807) is 32.0 Å². The second kappa shape index (κ2) is 4.33. The highest BCUT2D eigenvalue weighted by molar-refractivity contribution is 6.02. The molecule has 0 radical (unpaired) electrons. The number of fused-ring (bicyclic) bond motifs is 1. The van der Waals surface area contributed by atoms with Crippen molar-refractivity contribution < 1.29 is 24.2 Å². The summed E-state index contributed by atoms with van der Waals surface area (Å²) in [5.41, 5.74) is -0.509. The van der Waals surface area contributed by atoms with Gasteiger partial charge in [-0.25, -0.2) is 0 Å². The van der Waals surface area contributed by atoms with E-state index in [-0.39, 0.29) is 19.0 Å². The van der Waals surface area contributed by atoms with Crippen LogP contribution in [0.3, 0.4) is 0 Å². The summed E-state index contributed by atoms with van der Waals surface area (Å²) in [5.74, 6) is -0.0909. The van der Waals surface area contributed by atoms with Crippen LogP contribution in [0.5, 0.6) is 11.5 Å². The molecule has 1 aromatic carbocycles. The van der Waals surface area contributed by atoms with Gasteiger partial charge in [0.05, 0.1) is 6.42 Å². The van der Waals surface area contributed by atoms with Crippen LogP contribution in [0.15, 0.2) is 18.2 Å². The number of ether oxygens (including phenoxy) is 2. The Kier molecular flexibility index (Phi) is 2.98. The first-order valence-electron chi connectivity index (χ1n) is 5.56. The average molecular weight is 250 g/mol. The van der Waals surface area contributed by atoms with Crippen LogP contribution < -0.4 is 9.47 Å². The molecule has 0 unspecified atom stereocenters. The van der Waals surface area contributed by atoms with Gasteiger partial charge < -0.3 is 14.6 Å². The van der Waals surface area contributed by atoms with Gasteiger partial charge in [0.15, 0.2) is 17.3 Å². The molecular weight excluding hydrogens is 236 g/mol. The molecule has 0 fully saturated rings. The molecule has 96 valence electrons. The fraction of sp³-hybridized carbons (Fsp3) is 0.385. The third kappa shape index (κ3) is 2.30. The number of benzene rings is 1. The van der Waals surface area contributed by atoms with Crippen molar-refractivity contribution in [1.29, 1.82) is 0 Å². The van der Waals surface area contributed by atoms with Gasteiger partial charge in [0.1, 0.15) is 0 Å². The summed E-state index contributed by atoms with van der Waals surface area (Å²) in [5, 5.41) is 8.80. The average Bonchev–Trinajstić information content (AvgIpc) is 2.72. The van der Waals surface area contributed by atoms with Crippen LogP contribution in [-0.4, -0.2) is 23.7 Å². The van der Waals surface area contributed by atoms with Crippen LogP contribution in [0.2, 0.25) is 0 Å². The van der Waals surface area contributed by atoms with Crippen molar-refractivity contribution in [2.45, 2.75) is 20.3 Å². The quantitative estimate of drug-likeness (QED) is 0.828. The lowest BCUT2D eigenvalue weighted by Gasteiger charge is -2.20. The van der Waals surface area contributed by atoms with Crippen molar-refractivity contribution in [3.05, 3.63) is 23.8 Å². The Labute approximate surface area is 104 Å². The van der Waals surface area contributed by atoms with E-state index in [0.717, 1.165) is 0 Å². The molecule has 0 saturated heterocycles. The lowest BCUT2D eigenvalue weighted by Crippen LogP contribution is -2.27. The molecule has 1 heterocycles. The number of hydrogen-bond acceptors (Lipinski definition) is 4. The number of carboxylic acids is 1. The molecule has 1 aromatic rings. The highest BCUT2D eigenvalue weighted by atomic mass is 16.7. The van der Waals surface area contributed by atoms with Gasteiger partial charge in [0, 0.05) is 11.0 Å². The number of rotatable bonds is 4. The zero-order valence-corrected chi connectivity index (χ0v) is 10.2. The summed E-state index contributed by atoms with van der Waals surface area (Å²) in [6, 6.07) is 4.88. The van der Waals surface area contributed by atoms with Crippen molar-refractivity contribution in [3.8, 4) is 11.5 Å². The first-order chi connectivity index (χ1) is 8.40. The number of carboxylic acid groups (broad SMARTS) is 1. The number of carbonyl (C=O) groups excluding carboxylic acids is 1. The standard InChI is InChI=1S/C13H14O5/c1-13(2,6-11(14)15)12(16)8-3-4-9-10(5-8)18-7-17-9/h3-5H,6-7H2,1-2H3,(H,14,15). The molecule has 0 bridgehead atoms. The van der Waals surface area contributed by atoms with E-state index in [9.17, 15) is 9.59 Å². The van der Waals surface area contributed by atoms with E-state index in [4.69, 9.17) is 14.6 Å². The Morgan fingerprint density at radius 1 is 1.28 bits per heavy atom. The van der Waals surface area contributed by atoms with Gasteiger partial charge in [-0.15, -0.1) is 0 Å². The van der Waals surface area contributed by atoms with Crippen LogP contribution in [0.25, 0.3) is 0 Å². The molecule has 1 aliphatic rings. The van der Waals surface area contributed by atoms with E-state index in [1.165, 1.54) is 0 Å². The monoisotopic (exact) mass is 250 g/mol. The van der Waals surface area contributed by atoms with E-state index in [1.807, 2.05) is 0 Å². The van der Waals surface area contributed by atoms with Gasteiger partial charge in [0.2, 0.25) is 6.79 Å². The second-order valence-corrected chi connectivity index (χ2v) is 4.85. The highest BCUT2D eigenvalue weighted by Gasteiger charge is 2.32. The van der Waals surface area contributed by atoms with E-state index in [2.05, 4.69) is 0 Å². The first kappa shape index (κ1) is 12.4. The van der Waals surface area contributed by atoms with Crippen LogP contribution in [0, 0.1) is 5.41 Å². The fourth-order valence-corrected chi connectivity index (χ4v) is 1.89. The van der Waals surface area contributed by atoms with Gasteiger partial charge in [-0.2, -0.15) is 0 Å². The smallest absolute Gasteiger partial charge is 0.304 e. The van der Waals surface area contributed by atoms with Crippen molar-refractivity contribution in [2.24, 2.45) is 5.41 Å². The predicted molar refractivity (Wildman–Crippen MR) is 62.9 cm³/mol. The van der Waals surface area contributed by atoms with E-state index < -0.39 is 11.4 Å². The van der Waals surface area contributed by atoms with Crippen LogP contribution in [0.1, 0.15) is 30.6 Å².